The molecule has 3 aromatic rings. The van der Waals surface area contributed by atoms with E-state index in [-0.39, 0.29) is 41.4 Å². The van der Waals surface area contributed by atoms with Gasteiger partial charge in [0.25, 0.3) is 5.92 Å². The zero-order chi connectivity index (χ0) is 19.9. The van der Waals surface area contributed by atoms with Crippen LogP contribution in [0, 0.1) is 17.6 Å². The maximum atomic E-state index is 15.0. The molecule has 28 heavy (non-hydrogen) atoms. The Balaban J connectivity index is 1.70. The van der Waals surface area contributed by atoms with Crippen LogP contribution in [0.2, 0.25) is 0 Å². The van der Waals surface area contributed by atoms with Gasteiger partial charge in [0, 0.05) is 23.6 Å². The molecule has 1 fully saturated rings. The molecule has 0 saturated heterocycles. The van der Waals surface area contributed by atoms with E-state index in [4.69, 9.17) is 9.15 Å². The molecule has 0 aliphatic heterocycles. The summed E-state index contributed by atoms with van der Waals surface area (Å²) < 4.78 is 69.1. The molecule has 150 valence electrons. The molecule has 2 aromatic carbocycles. The van der Waals surface area contributed by atoms with Crippen molar-refractivity contribution in [3.63, 3.8) is 0 Å². The molecule has 0 N–H and O–H groups in total. The molecule has 0 bridgehead atoms. The van der Waals surface area contributed by atoms with Gasteiger partial charge in [0.1, 0.15) is 0 Å². The maximum Gasteiger partial charge on any atom is 0.252 e. The standard InChI is InChI=1S/C22H22F4O2/c1-2-27-17-10-9-16-15-8-7-14(18(23)20(15)28-21(16)19(17)24)12-22(25,26)11-13-5-3-4-6-13/h7-10,13H,2-6,11-12H2,1H3. The van der Waals surface area contributed by atoms with Crippen LogP contribution >= 0.6 is 0 Å². The highest BCUT2D eigenvalue weighted by Gasteiger charge is 2.35. The van der Waals surface area contributed by atoms with Gasteiger partial charge in [0.15, 0.2) is 22.7 Å². The van der Waals surface area contributed by atoms with Crippen molar-refractivity contribution in [3.05, 3.63) is 41.5 Å². The minimum atomic E-state index is -2.98. The van der Waals surface area contributed by atoms with Crippen molar-refractivity contribution in [2.24, 2.45) is 5.92 Å². The summed E-state index contributed by atoms with van der Waals surface area (Å²) in [4.78, 5) is 0. The van der Waals surface area contributed by atoms with Crippen molar-refractivity contribution in [1.29, 1.82) is 0 Å². The molecular formula is C22H22F4O2. The quantitative estimate of drug-likeness (QED) is 0.419. The number of alkyl halides is 2. The second kappa shape index (κ2) is 7.30. The Morgan fingerprint density at radius 3 is 2.32 bits per heavy atom. The summed E-state index contributed by atoms with van der Waals surface area (Å²) in [6.07, 6.45) is 2.67. The average molecular weight is 394 g/mol. The van der Waals surface area contributed by atoms with Gasteiger partial charge in [-0.3, -0.25) is 0 Å². The monoisotopic (exact) mass is 394 g/mol. The summed E-state index contributed by atoms with van der Waals surface area (Å²) in [6.45, 7) is 2.00. The Kier molecular flexibility index (Phi) is 4.98. The number of hydrogen-bond donors (Lipinski definition) is 0. The second-order valence-corrected chi connectivity index (χ2v) is 7.59. The predicted octanol–water partition coefficient (Wildman–Crippen LogP) is 7.02. The minimum absolute atomic E-state index is 0.000856. The van der Waals surface area contributed by atoms with Crippen LogP contribution in [0.5, 0.6) is 5.75 Å². The lowest BCUT2D eigenvalue weighted by atomic mass is 9.94. The van der Waals surface area contributed by atoms with Crippen LogP contribution < -0.4 is 4.74 Å². The van der Waals surface area contributed by atoms with Crippen molar-refractivity contribution in [2.45, 2.75) is 51.4 Å². The molecule has 0 radical (unpaired) electrons. The van der Waals surface area contributed by atoms with Gasteiger partial charge in [0.05, 0.1) is 6.61 Å². The van der Waals surface area contributed by atoms with E-state index < -0.39 is 24.0 Å². The first-order valence-electron chi connectivity index (χ1n) is 9.72. The third-order valence-electron chi connectivity index (χ3n) is 5.54. The summed E-state index contributed by atoms with van der Waals surface area (Å²) in [5.41, 5.74) is -0.438. The van der Waals surface area contributed by atoms with Crippen LogP contribution in [0.4, 0.5) is 17.6 Å². The molecule has 6 heteroatoms. The first-order valence-corrected chi connectivity index (χ1v) is 9.72. The van der Waals surface area contributed by atoms with Crippen molar-refractivity contribution in [2.75, 3.05) is 6.61 Å². The van der Waals surface area contributed by atoms with Gasteiger partial charge in [-0.2, -0.15) is 4.39 Å². The number of halogens is 4. The Bertz CT molecular complexity index is 1000. The van der Waals surface area contributed by atoms with Gasteiger partial charge >= 0.3 is 0 Å². The summed E-state index contributed by atoms with van der Waals surface area (Å²) in [6, 6.07) is 5.91. The van der Waals surface area contributed by atoms with Gasteiger partial charge in [-0.05, 0) is 36.6 Å². The summed E-state index contributed by atoms with van der Waals surface area (Å²) in [7, 11) is 0. The first-order chi connectivity index (χ1) is 13.4. The number of hydrogen-bond acceptors (Lipinski definition) is 2. The number of benzene rings is 2. The van der Waals surface area contributed by atoms with E-state index >= 15 is 0 Å². The van der Waals surface area contributed by atoms with Crippen LogP contribution in [0.3, 0.4) is 0 Å². The molecule has 1 saturated carbocycles. The molecule has 0 unspecified atom stereocenters. The normalized spacial score (nSPS) is 15.8. The zero-order valence-electron chi connectivity index (χ0n) is 15.7. The van der Waals surface area contributed by atoms with Gasteiger partial charge < -0.3 is 9.15 Å². The van der Waals surface area contributed by atoms with Gasteiger partial charge in [-0.1, -0.05) is 31.7 Å². The van der Waals surface area contributed by atoms with E-state index in [0.29, 0.717) is 10.8 Å². The largest absolute Gasteiger partial charge is 0.491 e. The minimum Gasteiger partial charge on any atom is -0.491 e. The van der Waals surface area contributed by atoms with Gasteiger partial charge in [0.2, 0.25) is 5.82 Å². The van der Waals surface area contributed by atoms with Crippen LogP contribution in [0.15, 0.2) is 28.7 Å². The third kappa shape index (κ3) is 3.45. The van der Waals surface area contributed by atoms with E-state index in [2.05, 4.69) is 0 Å². The van der Waals surface area contributed by atoms with Crippen LogP contribution in [-0.2, 0) is 6.42 Å². The number of fused-ring (bicyclic) bond motifs is 3. The zero-order valence-corrected chi connectivity index (χ0v) is 15.7. The Labute approximate surface area is 160 Å². The fraction of sp³-hybridized carbons (Fsp3) is 0.455. The lowest BCUT2D eigenvalue weighted by Crippen LogP contribution is -2.23. The highest BCUT2D eigenvalue weighted by Crippen LogP contribution is 2.39. The first kappa shape index (κ1) is 19.1. The fourth-order valence-corrected chi connectivity index (χ4v) is 4.25. The van der Waals surface area contributed by atoms with Crippen LogP contribution in [-0.4, -0.2) is 12.5 Å². The van der Waals surface area contributed by atoms with Crippen molar-refractivity contribution >= 4 is 21.9 Å². The highest BCUT2D eigenvalue weighted by atomic mass is 19.3. The fourth-order valence-electron chi connectivity index (χ4n) is 4.25. The average Bonchev–Trinajstić information content (AvgIpc) is 3.27. The molecular weight excluding hydrogens is 372 g/mol. The number of ether oxygens (including phenoxy) is 1. The molecule has 4 rings (SSSR count). The lowest BCUT2D eigenvalue weighted by molar-refractivity contribution is -0.0223. The molecule has 1 aliphatic rings. The summed E-state index contributed by atoms with van der Waals surface area (Å²) in [5.74, 6) is -4.54. The third-order valence-corrected chi connectivity index (χ3v) is 5.54. The number of furan rings is 1. The predicted molar refractivity (Wildman–Crippen MR) is 100 cm³/mol. The topological polar surface area (TPSA) is 22.4 Å². The van der Waals surface area contributed by atoms with E-state index in [0.717, 1.165) is 25.7 Å². The molecule has 1 aromatic heterocycles. The van der Waals surface area contributed by atoms with Crippen LogP contribution in [0.1, 0.15) is 44.6 Å². The molecule has 0 amide bonds. The molecule has 1 heterocycles. The van der Waals surface area contributed by atoms with Crippen molar-refractivity contribution in [1.82, 2.24) is 0 Å². The van der Waals surface area contributed by atoms with Gasteiger partial charge in [-0.15, -0.1) is 0 Å². The smallest absolute Gasteiger partial charge is 0.252 e. The second-order valence-electron chi connectivity index (χ2n) is 7.59. The van der Waals surface area contributed by atoms with E-state index in [1.165, 1.54) is 18.2 Å². The molecule has 0 atom stereocenters. The van der Waals surface area contributed by atoms with Crippen molar-refractivity contribution in [3.8, 4) is 5.75 Å². The van der Waals surface area contributed by atoms with E-state index in [9.17, 15) is 17.6 Å². The SMILES string of the molecule is CCOc1ccc2c(oc3c(F)c(CC(F)(F)CC4CCCC4)ccc32)c1F. The lowest BCUT2D eigenvalue weighted by Gasteiger charge is -2.20. The number of rotatable bonds is 6. The summed E-state index contributed by atoms with van der Waals surface area (Å²) >= 11 is 0. The van der Waals surface area contributed by atoms with Gasteiger partial charge in [-0.25, -0.2) is 13.2 Å². The Hall–Kier alpha value is -2.24. The van der Waals surface area contributed by atoms with Crippen molar-refractivity contribution < 1.29 is 26.7 Å². The molecule has 2 nitrogen and oxygen atoms in total. The van der Waals surface area contributed by atoms with E-state index in [1.54, 1.807) is 13.0 Å². The van der Waals surface area contributed by atoms with Crippen LogP contribution in [0.25, 0.3) is 21.9 Å². The Morgan fingerprint density at radius 1 is 1.00 bits per heavy atom. The highest BCUT2D eigenvalue weighted by molar-refractivity contribution is 6.05. The maximum absolute atomic E-state index is 15.0. The summed E-state index contributed by atoms with van der Waals surface area (Å²) in [5, 5.41) is 0.747. The van der Waals surface area contributed by atoms with E-state index in [1.807, 2.05) is 0 Å². The molecule has 1 aliphatic carbocycles. The molecule has 0 spiro atoms. The Morgan fingerprint density at radius 2 is 1.64 bits per heavy atom.